The van der Waals surface area contributed by atoms with Gasteiger partial charge in [-0.2, -0.15) is 0 Å². The number of fused-ring (bicyclic) bond motifs is 1. The van der Waals surface area contributed by atoms with Crippen molar-refractivity contribution in [3.8, 4) is 5.75 Å². The molecule has 0 saturated heterocycles. The third kappa shape index (κ3) is 4.24. The van der Waals surface area contributed by atoms with E-state index in [2.05, 4.69) is 16.4 Å². The topological polar surface area (TPSA) is 89.3 Å². The highest BCUT2D eigenvalue weighted by molar-refractivity contribution is 5.83. The van der Waals surface area contributed by atoms with E-state index in [1.54, 1.807) is 19.1 Å². The Bertz CT molecular complexity index is 1010. The minimum Gasteiger partial charge on any atom is -0.506 e. The van der Waals surface area contributed by atoms with Crippen molar-refractivity contribution in [1.29, 1.82) is 0 Å². The number of imidazole rings is 1. The molecule has 0 spiro atoms. The molecular formula is C21H26N4O3. The lowest BCUT2D eigenvalue weighted by atomic mass is 10.1. The second-order valence-electron chi connectivity index (χ2n) is 6.87. The number of aryl methyl sites for hydroxylation is 3. The summed E-state index contributed by atoms with van der Waals surface area (Å²) >= 11 is 0. The highest BCUT2D eigenvalue weighted by Gasteiger charge is 2.16. The zero-order valence-electron chi connectivity index (χ0n) is 16.7. The highest BCUT2D eigenvalue weighted by atomic mass is 16.5. The summed E-state index contributed by atoms with van der Waals surface area (Å²) in [4.78, 5) is 20.8. The first-order chi connectivity index (χ1) is 13.4. The van der Waals surface area contributed by atoms with E-state index in [1.807, 2.05) is 31.4 Å². The molecule has 2 heterocycles. The molecule has 7 heteroatoms. The standard InChI is InChI=1S/C21H26N4O3/c1-5-28-19(27)8-9-22-21-24-16-11-13(2)10-14(3)20(16)25(21)12-17-18(26)7-6-15(4)23-17/h6-7,10-11,26H,5,8-9,12H2,1-4H3,(H,22,24). The summed E-state index contributed by atoms with van der Waals surface area (Å²) < 4.78 is 6.98. The number of benzene rings is 1. The second-order valence-corrected chi connectivity index (χ2v) is 6.87. The van der Waals surface area contributed by atoms with Crippen LogP contribution in [-0.4, -0.2) is 38.8 Å². The van der Waals surface area contributed by atoms with Crippen LogP contribution in [0.4, 0.5) is 5.95 Å². The van der Waals surface area contributed by atoms with Crippen molar-refractivity contribution in [2.45, 2.75) is 40.7 Å². The lowest BCUT2D eigenvalue weighted by molar-refractivity contribution is -0.142. The van der Waals surface area contributed by atoms with E-state index in [9.17, 15) is 9.90 Å². The molecule has 148 valence electrons. The average Bonchev–Trinajstić information content (AvgIpc) is 2.96. The van der Waals surface area contributed by atoms with Gasteiger partial charge in [0.05, 0.1) is 30.6 Å². The number of carbonyl (C=O) groups excluding carboxylic acids is 1. The number of pyridine rings is 1. The number of aromatic hydroxyl groups is 1. The van der Waals surface area contributed by atoms with E-state index in [1.165, 1.54) is 0 Å². The molecule has 0 atom stereocenters. The molecule has 0 aliphatic heterocycles. The molecule has 0 bridgehead atoms. The Morgan fingerprint density at radius 3 is 2.75 bits per heavy atom. The number of aromatic nitrogens is 3. The number of hydrogen-bond donors (Lipinski definition) is 2. The number of rotatable bonds is 7. The first kappa shape index (κ1) is 19.7. The van der Waals surface area contributed by atoms with Gasteiger partial charge in [-0.1, -0.05) is 6.07 Å². The predicted molar refractivity (Wildman–Crippen MR) is 109 cm³/mol. The molecule has 0 amide bonds. The van der Waals surface area contributed by atoms with Gasteiger partial charge in [0.1, 0.15) is 11.4 Å². The van der Waals surface area contributed by atoms with Gasteiger partial charge in [0.15, 0.2) is 0 Å². The van der Waals surface area contributed by atoms with Crippen molar-refractivity contribution < 1.29 is 14.6 Å². The summed E-state index contributed by atoms with van der Waals surface area (Å²) in [5, 5.41) is 13.5. The summed E-state index contributed by atoms with van der Waals surface area (Å²) in [7, 11) is 0. The van der Waals surface area contributed by atoms with Gasteiger partial charge in [-0.3, -0.25) is 9.78 Å². The molecule has 0 unspecified atom stereocenters. The molecular weight excluding hydrogens is 356 g/mol. The van der Waals surface area contributed by atoms with Crippen molar-refractivity contribution in [3.05, 3.63) is 46.8 Å². The van der Waals surface area contributed by atoms with E-state index < -0.39 is 0 Å². The van der Waals surface area contributed by atoms with E-state index in [0.717, 1.165) is 27.9 Å². The minimum atomic E-state index is -0.248. The van der Waals surface area contributed by atoms with Crippen molar-refractivity contribution in [2.75, 3.05) is 18.5 Å². The van der Waals surface area contributed by atoms with Crippen molar-refractivity contribution in [2.24, 2.45) is 0 Å². The number of nitrogens with one attached hydrogen (secondary N) is 1. The van der Waals surface area contributed by atoms with Crippen LogP contribution in [0, 0.1) is 20.8 Å². The molecule has 28 heavy (non-hydrogen) atoms. The third-order valence-electron chi connectivity index (χ3n) is 4.49. The molecule has 0 aliphatic carbocycles. The summed E-state index contributed by atoms with van der Waals surface area (Å²) in [6, 6.07) is 7.56. The Hall–Kier alpha value is -3.09. The van der Waals surface area contributed by atoms with Crippen LogP contribution < -0.4 is 5.32 Å². The number of carbonyl (C=O) groups is 1. The fourth-order valence-electron chi connectivity index (χ4n) is 3.32. The van der Waals surface area contributed by atoms with E-state index >= 15 is 0 Å². The molecule has 0 aliphatic rings. The number of nitrogens with zero attached hydrogens (tertiary/aromatic N) is 3. The number of ether oxygens (including phenoxy) is 1. The van der Waals surface area contributed by atoms with Crippen LogP contribution in [0.2, 0.25) is 0 Å². The Balaban J connectivity index is 1.97. The van der Waals surface area contributed by atoms with Gasteiger partial charge in [0.25, 0.3) is 0 Å². The summed E-state index contributed by atoms with van der Waals surface area (Å²) in [6.45, 7) is 8.91. The van der Waals surface area contributed by atoms with Gasteiger partial charge in [0.2, 0.25) is 5.95 Å². The van der Waals surface area contributed by atoms with Crippen LogP contribution in [-0.2, 0) is 16.1 Å². The van der Waals surface area contributed by atoms with Gasteiger partial charge >= 0.3 is 5.97 Å². The molecule has 7 nitrogen and oxygen atoms in total. The predicted octanol–water partition coefficient (Wildman–Crippen LogP) is 3.48. The van der Waals surface area contributed by atoms with Crippen LogP contribution >= 0.6 is 0 Å². The zero-order chi connectivity index (χ0) is 20.3. The molecule has 0 saturated carbocycles. The van der Waals surface area contributed by atoms with E-state index in [4.69, 9.17) is 9.72 Å². The van der Waals surface area contributed by atoms with E-state index in [-0.39, 0.29) is 18.1 Å². The Morgan fingerprint density at radius 2 is 2.00 bits per heavy atom. The Morgan fingerprint density at radius 1 is 1.21 bits per heavy atom. The van der Waals surface area contributed by atoms with E-state index in [0.29, 0.717) is 31.3 Å². The SMILES string of the molecule is CCOC(=O)CCNc1nc2cc(C)cc(C)c2n1Cc1nc(C)ccc1O. The fourth-order valence-corrected chi connectivity index (χ4v) is 3.32. The molecule has 1 aromatic carbocycles. The number of hydrogen-bond acceptors (Lipinski definition) is 6. The smallest absolute Gasteiger partial charge is 0.307 e. The van der Waals surface area contributed by atoms with Crippen molar-refractivity contribution >= 4 is 23.0 Å². The maximum absolute atomic E-state index is 11.6. The monoisotopic (exact) mass is 382 g/mol. The summed E-state index contributed by atoms with van der Waals surface area (Å²) in [6.07, 6.45) is 0.253. The van der Waals surface area contributed by atoms with Crippen LogP contribution in [0.1, 0.15) is 35.9 Å². The molecule has 3 aromatic rings. The zero-order valence-corrected chi connectivity index (χ0v) is 16.7. The minimum absolute atomic E-state index is 0.148. The van der Waals surface area contributed by atoms with Gasteiger partial charge in [-0.25, -0.2) is 4.98 Å². The average molecular weight is 382 g/mol. The van der Waals surface area contributed by atoms with Gasteiger partial charge in [-0.15, -0.1) is 0 Å². The maximum Gasteiger partial charge on any atom is 0.307 e. The van der Waals surface area contributed by atoms with Crippen molar-refractivity contribution in [3.63, 3.8) is 0 Å². The Kier molecular flexibility index (Phi) is 5.82. The molecule has 2 aromatic heterocycles. The molecule has 0 fully saturated rings. The second kappa shape index (κ2) is 8.29. The number of anilines is 1. The molecule has 3 rings (SSSR count). The van der Waals surface area contributed by atoms with Crippen LogP contribution in [0.15, 0.2) is 24.3 Å². The highest BCUT2D eigenvalue weighted by Crippen LogP contribution is 2.27. The summed E-state index contributed by atoms with van der Waals surface area (Å²) in [5.74, 6) is 0.535. The normalized spacial score (nSPS) is 11.0. The fraction of sp³-hybridized carbons (Fsp3) is 0.381. The van der Waals surface area contributed by atoms with Crippen LogP contribution in [0.25, 0.3) is 11.0 Å². The largest absolute Gasteiger partial charge is 0.506 e. The van der Waals surface area contributed by atoms with Crippen LogP contribution in [0.5, 0.6) is 5.75 Å². The summed E-state index contributed by atoms with van der Waals surface area (Å²) in [5.41, 5.74) is 5.47. The first-order valence-corrected chi connectivity index (χ1v) is 9.41. The first-order valence-electron chi connectivity index (χ1n) is 9.41. The maximum atomic E-state index is 11.6. The Labute approximate surface area is 164 Å². The lowest BCUT2D eigenvalue weighted by Gasteiger charge is -2.13. The quantitative estimate of drug-likeness (QED) is 0.608. The molecule has 0 radical (unpaired) electrons. The number of esters is 1. The van der Waals surface area contributed by atoms with Crippen molar-refractivity contribution in [1.82, 2.24) is 14.5 Å². The van der Waals surface area contributed by atoms with Gasteiger partial charge in [0, 0.05) is 12.2 Å². The van der Waals surface area contributed by atoms with Crippen LogP contribution in [0.3, 0.4) is 0 Å². The van der Waals surface area contributed by atoms with Gasteiger partial charge < -0.3 is 19.7 Å². The third-order valence-corrected chi connectivity index (χ3v) is 4.49. The van der Waals surface area contributed by atoms with Gasteiger partial charge in [-0.05, 0) is 57.0 Å². The lowest BCUT2D eigenvalue weighted by Crippen LogP contribution is -2.15. The molecule has 2 N–H and O–H groups in total.